The molecule has 1 heterocycles. The Labute approximate surface area is 112 Å². The number of fused-ring (bicyclic) bond motifs is 1. The van der Waals surface area contributed by atoms with E-state index >= 15 is 0 Å². The largest absolute Gasteiger partial charge is 0.351 e. The van der Waals surface area contributed by atoms with Crippen molar-refractivity contribution in [3.63, 3.8) is 0 Å². The first-order valence-corrected chi connectivity index (χ1v) is 6.50. The van der Waals surface area contributed by atoms with Crippen LogP contribution >= 0.6 is 11.6 Å². The van der Waals surface area contributed by atoms with E-state index in [9.17, 15) is 4.79 Å². The SMILES string of the molecule is CC(C)CCNC(=O)c1cc2ccc(Cl)cc2[nH]1. The van der Waals surface area contributed by atoms with Crippen LogP contribution in [0.5, 0.6) is 0 Å². The summed E-state index contributed by atoms with van der Waals surface area (Å²) >= 11 is 5.91. The van der Waals surface area contributed by atoms with Gasteiger partial charge in [0.15, 0.2) is 0 Å². The Balaban J connectivity index is 2.08. The summed E-state index contributed by atoms with van der Waals surface area (Å²) in [5, 5.41) is 4.56. The average molecular weight is 265 g/mol. The Morgan fingerprint density at radius 3 is 2.89 bits per heavy atom. The zero-order valence-electron chi connectivity index (χ0n) is 10.6. The van der Waals surface area contributed by atoms with E-state index in [1.807, 2.05) is 24.3 Å². The van der Waals surface area contributed by atoms with Crippen LogP contribution in [0.25, 0.3) is 10.9 Å². The number of nitrogens with one attached hydrogen (secondary N) is 2. The summed E-state index contributed by atoms with van der Waals surface area (Å²) in [4.78, 5) is 15.0. The third-order valence-corrected chi connectivity index (χ3v) is 3.07. The molecule has 0 unspecified atom stereocenters. The van der Waals surface area contributed by atoms with Crippen molar-refractivity contribution in [3.05, 3.63) is 35.0 Å². The van der Waals surface area contributed by atoms with Crippen molar-refractivity contribution in [3.8, 4) is 0 Å². The Morgan fingerprint density at radius 2 is 2.17 bits per heavy atom. The zero-order valence-corrected chi connectivity index (χ0v) is 11.3. The summed E-state index contributed by atoms with van der Waals surface area (Å²) in [6, 6.07) is 7.38. The molecular formula is C14H17ClN2O. The molecular weight excluding hydrogens is 248 g/mol. The topological polar surface area (TPSA) is 44.9 Å². The van der Waals surface area contributed by atoms with Gasteiger partial charge in [-0.15, -0.1) is 0 Å². The molecule has 18 heavy (non-hydrogen) atoms. The molecule has 2 aromatic rings. The van der Waals surface area contributed by atoms with Gasteiger partial charge < -0.3 is 10.3 Å². The highest BCUT2D eigenvalue weighted by molar-refractivity contribution is 6.31. The summed E-state index contributed by atoms with van der Waals surface area (Å²) in [5.41, 5.74) is 1.47. The third kappa shape index (κ3) is 3.05. The number of carbonyl (C=O) groups is 1. The van der Waals surface area contributed by atoms with Crippen molar-refractivity contribution >= 4 is 28.4 Å². The lowest BCUT2D eigenvalue weighted by Gasteiger charge is -2.05. The lowest BCUT2D eigenvalue weighted by atomic mass is 10.1. The molecule has 2 N–H and O–H groups in total. The van der Waals surface area contributed by atoms with Crippen molar-refractivity contribution in [1.82, 2.24) is 10.3 Å². The van der Waals surface area contributed by atoms with Crippen LogP contribution in [0.1, 0.15) is 30.8 Å². The lowest BCUT2D eigenvalue weighted by molar-refractivity contribution is 0.0948. The van der Waals surface area contributed by atoms with Crippen LogP contribution in [0, 0.1) is 5.92 Å². The monoisotopic (exact) mass is 264 g/mol. The molecule has 2 rings (SSSR count). The molecule has 0 fully saturated rings. The number of aromatic amines is 1. The van der Waals surface area contributed by atoms with E-state index in [1.54, 1.807) is 0 Å². The maximum absolute atomic E-state index is 11.9. The molecule has 1 aromatic heterocycles. The van der Waals surface area contributed by atoms with Gasteiger partial charge in [0.1, 0.15) is 5.69 Å². The number of hydrogen-bond acceptors (Lipinski definition) is 1. The summed E-state index contributed by atoms with van der Waals surface area (Å²) < 4.78 is 0. The first kappa shape index (κ1) is 13.0. The van der Waals surface area contributed by atoms with E-state index in [4.69, 9.17) is 11.6 Å². The van der Waals surface area contributed by atoms with Crippen LogP contribution in [0.4, 0.5) is 0 Å². The molecule has 0 radical (unpaired) electrons. The molecule has 3 nitrogen and oxygen atoms in total. The number of carbonyl (C=O) groups excluding carboxylic acids is 1. The number of halogens is 1. The lowest BCUT2D eigenvalue weighted by Crippen LogP contribution is -2.25. The van der Waals surface area contributed by atoms with E-state index in [1.165, 1.54) is 0 Å². The van der Waals surface area contributed by atoms with E-state index in [-0.39, 0.29) is 5.91 Å². The summed E-state index contributed by atoms with van der Waals surface area (Å²) in [6.07, 6.45) is 0.984. The maximum Gasteiger partial charge on any atom is 0.267 e. The molecule has 0 saturated heterocycles. The van der Waals surface area contributed by atoms with Gasteiger partial charge in [0.2, 0.25) is 0 Å². The summed E-state index contributed by atoms with van der Waals surface area (Å²) in [6.45, 7) is 4.97. The van der Waals surface area contributed by atoms with Gasteiger partial charge in [0.05, 0.1) is 0 Å². The summed E-state index contributed by atoms with van der Waals surface area (Å²) in [5.74, 6) is 0.523. The second-order valence-corrected chi connectivity index (χ2v) is 5.29. The van der Waals surface area contributed by atoms with E-state index in [0.717, 1.165) is 17.3 Å². The number of hydrogen-bond donors (Lipinski definition) is 2. The van der Waals surface area contributed by atoms with E-state index < -0.39 is 0 Å². The predicted octanol–water partition coefficient (Wildman–Crippen LogP) is 3.60. The maximum atomic E-state index is 11.9. The van der Waals surface area contributed by atoms with E-state index in [2.05, 4.69) is 24.1 Å². The van der Waals surface area contributed by atoms with Crippen molar-refractivity contribution in [2.24, 2.45) is 5.92 Å². The molecule has 1 amide bonds. The van der Waals surface area contributed by atoms with Crippen molar-refractivity contribution < 1.29 is 4.79 Å². The van der Waals surface area contributed by atoms with Gasteiger partial charge in [0, 0.05) is 22.5 Å². The number of amides is 1. The van der Waals surface area contributed by atoms with Crippen LogP contribution in [-0.2, 0) is 0 Å². The van der Waals surface area contributed by atoms with Gasteiger partial charge in [-0.25, -0.2) is 0 Å². The number of benzene rings is 1. The Bertz CT molecular complexity index is 560. The Kier molecular flexibility index (Phi) is 3.92. The molecule has 0 aliphatic rings. The molecule has 0 saturated carbocycles. The minimum atomic E-state index is -0.0667. The number of H-pyrrole nitrogens is 1. The minimum absolute atomic E-state index is 0.0667. The molecule has 0 spiro atoms. The van der Waals surface area contributed by atoms with Crippen LogP contribution in [0.15, 0.2) is 24.3 Å². The summed E-state index contributed by atoms with van der Waals surface area (Å²) in [7, 11) is 0. The van der Waals surface area contributed by atoms with Crippen molar-refractivity contribution in [2.45, 2.75) is 20.3 Å². The number of aromatic nitrogens is 1. The first-order valence-electron chi connectivity index (χ1n) is 6.12. The van der Waals surface area contributed by atoms with Crippen LogP contribution in [0.3, 0.4) is 0 Å². The van der Waals surface area contributed by atoms with Crippen molar-refractivity contribution in [1.29, 1.82) is 0 Å². The standard InChI is InChI=1S/C14H17ClN2O/c1-9(2)5-6-16-14(18)13-7-10-3-4-11(15)8-12(10)17-13/h3-4,7-9,17H,5-6H2,1-2H3,(H,16,18). The minimum Gasteiger partial charge on any atom is -0.351 e. The fourth-order valence-corrected chi connectivity index (χ4v) is 1.96. The fraction of sp³-hybridized carbons (Fsp3) is 0.357. The second kappa shape index (κ2) is 5.44. The van der Waals surface area contributed by atoms with Gasteiger partial charge in [-0.1, -0.05) is 31.5 Å². The molecule has 0 atom stereocenters. The van der Waals surface area contributed by atoms with E-state index in [0.29, 0.717) is 23.2 Å². The molecule has 96 valence electrons. The van der Waals surface area contributed by atoms with Gasteiger partial charge in [-0.2, -0.15) is 0 Å². The van der Waals surface area contributed by atoms with Crippen LogP contribution < -0.4 is 5.32 Å². The fourth-order valence-electron chi connectivity index (χ4n) is 1.79. The normalized spacial score (nSPS) is 11.1. The zero-order chi connectivity index (χ0) is 13.1. The quantitative estimate of drug-likeness (QED) is 0.871. The van der Waals surface area contributed by atoms with Gasteiger partial charge >= 0.3 is 0 Å². The molecule has 0 aliphatic heterocycles. The van der Waals surface area contributed by atoms with Crippen LogP contribution in [0.2, 0.25) is 5.02 Å². The highest BCUT2D eigenvalue weighted by Crippen LogP contribution is 2.19. The Morgan fingerprint density at radius 1 is 1.39 bits per heavy atom. The molecule has 4 heteroatoms. The Hall–Kier alpha value is -1.48. The predicted molar refractivity (Wildman–Crippen MR) is 75.1 cm³/mol. The average Bonchev–Trinajstić information content (AvgIpc) is 2.71. The van der Waals surface area contributed by atoms with Gasteiger partial charge in [-0.3, -0.25) is 4.79 Å². The highest BCUT2D eigenvalue weighted by atomic mass is 35.5. The molecule has 0 aliphatic carbocycles. The van der Waals surface area contributed by atoms with Gasteiger partial charge in [0.25, 0.3) is 5.91 Å². The third-order valence-electron chi connectivity index (χ3n) is 2.84. The smallest absolute Gasteiger partial charge is 0.267 e. The highest BCUT2D eigenvalue weighted by Gasteiger charge is 2.09. The van der Waals surface area contributed by atoms with Gasteiger partial charge in [-0.05, 0) is 30.5 Å². The molecule has 1 aromatic carbocycles. The number of rotatable bonds is 4. The van der Waals surface area contributed by atoms with Crippen LogP contribution in [-0.4, -0.2) is 17.4 Å². The van der Waals surface area contributed by atoms with Crippen molar-refractivity contribution in [2.75, 3.05) is 6.54 Å². The second-order valence-electron chi connectivity index (χ2n) is 4.85. The first-order chi connectivity index (χ1) is 8.56. The molecule has 0 bridgehead atoms.